The van der Waals surface area contributed by atoms with Crippen molar-refractivity contribution in [2.24, 2.45) is 23.7 Å². The van der Waals surface area contributed by atoms with Crippen molar-refractivity contribution in [3.05, 3.63) is 34.9 Å². The summed E-state index contributed by atoms with van der Waals surface area (Å²) in [6, 6.07) is 5.36. The van der Waals surface area contributed by atoms with E-state index in [9.17, 15) is 24.0 Å². The van der Waals surface area contributed by atoms with Crippen LogP contribution in [0.4, 0.5) is 14.4 Å². The predicted octanol–water partition coefficient (Wildman–Crippen LogP) is 6.82. The van der Waals surface area contributed by atoms with E-state index in [4.69, 9.17) is 49.5 Å². The lowest BCUT2D eigenvalue weighted by molar-refractivity contribution is -0.304. The molecule has 0 N–H and O–H groups in total. The van der Waals surface area contributed by atoms with E-state index >= 15 is 4.79 Å². The molecule has 1 aromatic rings. The summed E-state index contributed by atoms with van der Waals surface area (Å²) in [5.41, 5.74) is -2.01. The summed E-state index contributed by atoms with van der Waals surface area (Å²) in [6.07, 6.45) is -7.55. The Kier molecular flexibility index (Phi) is 17.0. The lowest BCUT2D eigenvalue weighted by Crippen LogP contribution is -2.62. The third-order valence-corrected chi connectivity index (χ3v) is 14.3. The molecule has 0 spiro atoms. The van der Waals surface area contributed by atoms with Crippen molar-refractivity contribution in [3.63, 3.8) is 0 Å². The van der Waals surface area contributed by atoms with Gasteiger partial charge in [-0.1, -0.05) is 58.4 Å². The van der Waals surface area contributed by atoms with Crippen molar-refractivity contribution in [3.8, 4) is 0 Å². The summed E-state index contributed by atoms with van der Waals surface area (Å²) in [4.78, 5) is 87.9. The van der Waals surface area contributed by atoms with Crippen LogP contribution in [-0.4, -0.2) is 151 Å². The van der Waals surface area contributed by atoms with Crippen molar-refractivity contribution in [2.45, 2.75) is 168 Å². The summed E-state index contributed by atoms with van der Waals surface area (Å²) in [5.74, 6) is -5.37. The highest BCUT2D eigenvalue weighted by molar-refractivity contribution is 6.30. The smallest absolute Gasteiger partial charge is 0.419 e. The number of amides is 3. The Morgan fingerprint density at radius 2 is 1.60 bits per heavy atom. The maximum atomic E-state index is 15.0. The van der Waals surface area contributed by atoms with Crippen molar-refractivity contribution >= 4 is 47.6 Å². The predicted molar refractivity (Wildman–Crippen MR) is 237 cm³/mol. The fourth-order valence-corrected chi connectivity index (χ4v) is 10.5. The fraction of sp³-hybridized carbons (Fsp3) is 0.745. The number of likely N-dealkylation sites (N-methyl/N-ethyl adjacent to an activating group) is 1. The molecule has 0 saturated carbocycles. The summed E-state index contributed by atoms with van der Waals surface area (Å²) in [7, 11) is 3.39. The fourth-order valence-electron chi connectivity index (χ4n) is 10.4. The van der Waals surface area contributed by atoms with E-state index in [0.29, 0.717) is 24.4 Å². The van der Waals surface area contributed by atoms with Gasteiger partial charge >= 0.3 is 30.2 Å². The van der Waals surface area contributed by atoms with Gasteiger partial charge in [-0.3, -0.25) is 24.2 Å². The lowest BCUT2D eigenvalue weighted by atomic mass is 9.73. The van der Waals surface area contributed by atoms with Crippen LogP contribution in [0.1, 0.15) is 101 Å². The van der Waals surface area contributed by atoms with Crippen molar-refractivity contribution in [2.75, 3.05) is 33.9 Å². The molecule has 0 aliphatic carbocycles. The minimum absolute atomic E-state index is 0.0374. The second-order valence-electron chi connectivity index (χ2n) is 18.8. The van der Waals surface area contributed by atoms with Gasteiger partial charge in [0.1, 0.15) is 24.6 Å². The maximum absolute atomic E-state index is 15.0. The number of hydrogen-bond acceptors (Lipinski definition) is 15. The number of ketones is 1. The molecule has 1 aromatic carbocycles. The second-order valence-corrected chi connectivity index (χ2v) is 19.3. The summed E-state index contributed by atoms with van der Waals surface area (Å²) in [5, 5.41) is 0.566. The standard InChI is InChI=1S/C47H70ClN3O14/c1-14-35-47(11)39(50(43(55)65-47)21-20-32-16-18-33(48)19-17-32)28(6)36(53)25(3)23-46(10,58-13)40(64-42-38(61-31(9)52)34(49(12)15-2)22-27(5)60-42)29(7)37(30(8)41(54)62-35)63-45(57)51-26(4)24-59-44(51)56/h16-19,25-30,34-35,37-40,42H,14-15,20-24H2,1-13H3/t25-,26-,27-,28-,29+,30-,34+,35-,37+,38-,39-,40-,42+,46+,47-/m1/s1. The molecule has 0 bridgehead atoms. The number of hydrogen-bond donors (Lipinski definition) is 0. The zero-order valence-electron chi connectivity index (χ0n) is 40.2. The van der Waals surface area contributed by atoms with Gasteiger partial charge in [0.2, 0.25) is 0 Å². The summed E-state index contributed by atoms with van der Waals surface area (Å²) >= 11 is 6.16. The van der Waals surface area contributed by atoms with E-state index in [0.717, 1.165) is 10.5 Å². The molecule has 0 unspecified atom stereocenters. The van der Waals surface area contributed by atoms with Crippen LogP contribution in [0, 0.1) is 23.7 Å². The molecule has 4 aliphatic rings. The topological polar surface area (TPSA) is 186 Å². The average Bonchev–Trinajstić information content (AvgIpc) is 3.74. The van der Waals surface area contributed by atoms with Crippen LogP contribution in [-0.2, 0) is 58.7 Å². The SMILES string of the molecule is CC[C@H]1OC(=O)[C@H](C)[C@@H](OC(=O)N2C(=O)OC[C@H]2C)[C@H](C)[C@@H](O[C@@H]2O[C@H](C)C[C@H](N(C)CC)[C@H]2OC(C)=O)[C@@](C)(OC)C[C@@H](C)C(=O)[C@@H](C)[C@H]2N(CCc3ccc(Cl)cc3)C(=O)O[C@]12C. The van der Waals surface area contributed by atoms with Crippen LogP contribution >= 0.6 is 11.6 Å². The number of imide groups is 1. The van der Waals surface area contributed by atoms with Gasteiger partial charge < -0.3 is 37.9 Å². The Morgan fingerprint density at radius 3 is 2.17 bits per heavy atom. The van der Waals surface area contributed by atoms with Crippen molar-refractivity contribution in [1.29, 1.82) is 0 Å². The third kappa shape index (κ3) is 11.1. The Hall–Kier alpha value is -4.03. The normalized spacial score (nSPS) is 37.2. The number of halogens is 1. The number of carbonyl (C=O) groups excluding carboxylic acids is 6. The molecule has 0 aromatic heterocycles. The monoisotopic (exact) mass is 935 g/mol. The average molecular weight is 937 g/mol. The maximum Gasteiger partial charge on any atom is 0.419 e. The summed E-state index contributed by atoms with van der Waals surface area (Å²) < 4.78 is 49.8. The highest BCUT2D eigenvalue weighted by atomic mass is 35.5. The van der Waals surface area contributed by atoms with Gasteiger partial charge in [-0.25, -0.2) is 19.3 Å². The van der Waals surface area contributed by atoms with E-state index in [-0.39, 0.29) is 43.9 Å². The number of nitrogens with zero attached hydrogens (tertiary/aromatic N) is 3. The molecular weight excluding hydrogens is 866 g/mol. The number of benzene rings is 1. The first kappa shape index (κ1) is 51.9. The Bertz CT molecular complexity index is 1890. The molecule has 18 heteroatoms. The lowest BCUT2D eigenvalue weighted by Gasteiger charge is -2.49. The molecule has 15 atom stereocenters. The number of rotatable bonds is 11. The van der Waals surface area contributed by atoms with Gasteiger partial charge in [-0.05, 0) is 91.6 Å². The largest absolute Gasteiger partial charge is 0.458 e. The minimum Gasteiger partial charge on any atom is -0.458 e. The zero-order valence-corrected chi connectivity index (χ0v) is 41.0. The molecular formula is C47H70ClN3O14. The van der Waals surface area contributed by atoms with E-state index in [1.807, 2.05) is 37.9 Å². The number of fused-ring (bicyclic) bond motifs is 1. The molecule has 4 heterocycles. The molecule has 4 aliphatic heterocycles. The van der Waals surface area contributed by atoms with Crippen molar-refractivity contribution in [1.82, 2.24) is 14.7 Å². The minimum atomic E-state index is -1.51. The Morgan fingerprint density at radius 1 is 0.938 bits per heavy atom. The first-order chi connectivity index (χ1) is 30.5. The van der Waals surface area contributed by atoms with Crippen molar-refractivity contribution < 1.29 is 66.7 Å². The first-order valence-corrected chi connectivity index (χ1v) is 23.3. The molecule has 3 amide bonds. The molecule has 364 valence electrons. The number of methoxy groups -OCH3 is 1. The van der Waals surface area contributed by atoms with E-state index in [1.54, 1.807) is 72.4 Å². The second kappa shape index (κ2) is 21.3. The highest BCUT2D eigenvalue weighted by Gasteiger charge is 2.61. The highest BCUT2D eigenvalue weighted by Crippen LogP contribution is 2.44. The van der Waals surface area contributed by atoms with Crippen LogP contribution in [0.3, 0.4) is 0 Å². The number of Topliss-reactive ketones (excluding diaryl/α,β-unsaturated/α-hetero) is 1. The van der Waals surface area contributed by atoms with Crippen LogP contribution < -0.4 is 0 Å². The molecule has 4 saturated heterocycles. The van der Waals surface area contributed by atoms with Gasteiger partial charge in [0.25, 0.3) is 0 Å². The van der Waals surface area contributed by atoms with Crippen LogP contribution in [0.5, 0.6) is 0 Å². The quantitative estimate of drug-likeness (QED) is 0.166. The van der Waals surface area contributed by atoms with E-state index < -0.39 is 108 Å². The molecule has 0 radical (unpaired) electrons. The van der Waals surface area contributed by atoms with Gasteiger partial charge in [0.05, 0.1) is 41.9 Å². The Balaban J connectivity index is 1.65. The van der Waals surface area contributed by atoms with Crippen LogP contribution in [0.15, 0.2) is 24.3 Å². The van der Waals surface area contributed by atoms with E-state index in [1.165, 1.54) is 14.0 Å². The zero-order chi connectivity index (χ0) is 48.3. The molecule has 5 rings (SSSR count). The molecule has 65 heavy (non-hydrogen) atoms. The summed E-state index contributed by atoms with van der Waals surface area (Å²) in [6.45, 7) is 19.6. The number of esters is 2. The number of cyclic esters (lactones) is 2. The van der Waals surface area contributed by atoms with Crippen LogP contribution in [0.2, 0.25) is 5.02 Å². The molecule has 17 nitrogen and oxygen atoms in total. The first-order valence-electron chi connectivity index (χ1n) is 22.9. The Labute approximate surface area is 388 Å². The number of ether oxygens (including phenoxy) is 8. The van der Waals surface area contributed by atoms with Gasteiger partial charge in [-0.15, -0.1) is 0 Å². The van der Waals surface area contributed by atoms with Gasteiger partial charge in [0, 0.05) is 43.4 Å². The third-order valence-electron chi connectivity index (χ3n) is 14.1. The van der Waals surface area contributed by atoms with Gasteiger partial charge in [0.15, 0.2) is 18.0 Å². The van der Waals surface area contributed by atoms with Gasteiger partial charge in [-0.2, -0.15) is 0 Å². The molecule has 4 fully saturated rings. The van der Waals surface area contributed by atoms with Crippen LogP contribution in [0.25, 0.3) is 0 Å². The van der Waals surface area contributed by atoms with E-state index in [2.05, 4.69) is 0 Å². The number of carbonyl (C=O) groups is 6.